The highest BCUT2D eigenvalue weighted by molar-refractivity contribution is 5.94. The van der Waals surface area contributed by atoms with Gasteiger partial charge >= 0.3 is 0 Å². The summed E-state index contributed by atoms with van der Waals surface area (Å²) in [5.41, 5.74) is 6.32. The lowest BCUT2D eigenvalue weighted by atomic mass is 10.2. The fourth-order valence-corrected chi connectivity index (χ4v) is 1.49. The van der Waals surface area contributed by atoms with Crippen molar-refractivity contribution in [2.45, 2.75) is 19.9 Å². The second kappa shape index (κ2) is 3.34. The van der Waals surface area contributed by atoms with Crippen LogP contribution in [0.2, 0.25) is 0 Å². The number of nitrogens with zero attached hydrogens (tertiary/aromatic N) is 3. The molecule has 0 radical (unpaired) electrons. The lowest BCUT2D eigenvalue weighted by molar-refractivity contribution is 0.0995. The topological polar surface area (TPSA) is 73.8 Å². The molecule has 0 atom stereocenters. The van der Waals surface area contributed by atoms with Gasteiger partial charge in [-0.15, -0.1) is 0 Å². The van der Waals surface area contributed by atoms with Gasteiger partial charge in [0.1, 0.15) is 5.69 Å². The Hall–Kier alpha value is -1.91. The number of carbonyl (C=O) groups is 1. The summed E-state index contributed by atoms with van der Waals surface area (Å²) in [5.74, 6) is -0.520. The average molecular weight is 204 g/mol. The number of hydrogen-bond donors (Lipinski definition) is 1. The molecule has 0 spiro atoms. The van der Waals surface area contributed by atoms with Crippen LogP contribution in [0, 0.1) is 0 Å². The van der Waals surface area contributed by atoms with Crippen molar-refractivity contribution in [3.05, 3.63) is 24.2 Å². The molecule has 0 aliphatic heterocycles. The van der Waals surface area contributed by atoms with Gasteiger partial charge in [0.25, 0.3) is 5.91 Å². The summed E-state index contributed by atoms with van der Waals surface area (Å²) in [6.07, 6.45) is 3.34. The molecule has 0 aliphatic rings. The number of amides is 1. The van der Waals surface area contributed by atoms with E-state index in [0.29, 0.717) is 0 Å². The van der Waals surface area contributed by atoms with Crippen LogP contribution in [0.5, 0.6) is 0 Å². The van der Waals surface area contributed by atoms with Crippen LogP contribution in [0.25, 0.3) is 10.9 Å². The van der Waals surface area contributed by atoms with Gasteiger partial charge in [-0.3, -0.25) is 14.5 Å². The Morgan fingerprint density at radius 2 is 2.20 bits per heavy atom. The van der Waals surface area contributed by atoms with E-state index in [-0.39, 0.29) is 11.7 Å². The van der Waals surface area contributed by atoms with Gasteiger partial charge in [0.15, 0.2) is 0 Å². The first-order chi connectivity index (χ1) is 7.09. The van der Waals surface area contributed by atoms with E-state index < -0.39 is 5.91 Å². The van der Waals surface area contributed by atoms with Gasteiger partial charge in [-0.05, 0) is 19.9 Å². The molecular formula is C10H12N4O. The molecule has 0 aliphatic carbocycles. The molecule has 0 fully saturated rings. The third kappa shape index (κ3) is 1.56. The van der Waals surface area contributed by atoms with E-state index in [9.17, 15) is 4.79 Å². The number of nitrogens with two attached hydrogens (primary N) is 1. The smallest absolute Gasteiger partial charge is 0.267 e. The van der Waals surface area contributed by atoms with Crippen LogP contribution in [-0.4, -0.2) is 20.7 Å². The summed E-state index contributed by atoms with van der Waals surface area (Å²) in [4.78, 5) is 14.9. The second-order valence-electron chi connectivity index (χ2n) is 3.68. The quantitative estimate of drug-likeness (QED) is 0.796. The number of hydrogen-bond acceptors (Lipinski definition) is 3. The summed E-state index contributed by atoms with van der Waals surface area (Å²) in [7, 11) is 0. The van der Waals surface area contributed by atoms with Crippen molar-refractivity contribution in [2.75, 3.05) is 0 Å². The summed E-state index contributed by atoms with van der Waals surface area (Å²) in [5, 5.41) is 5.13. The largest absolute Gasteiger partial charge is 0.364 e. The molecule has 0 unspecified atom stereocenters. The van der Waals surface area contributed by atoms with Gasteiger partial charge in [-0.25, -0.2) is 0 Å². The van der Waals surface area contributed by atoms with Gasteiger partial charge in [0.05, 0.1) is 11.7 Å². The van der Waals surface area contributed by atoms with E-state index in [2.05, 4.69) is 10.1 Å². The van der Waals surface area contributed by atoms with Crippen molar-refractivity contribution in [3.63, 3.8) is 0 Å². The van der Waals surface area contributed by atoms with Crippen molar-refractivity contribution in [3.8, 4) is 0 Å². The Labute approximate surface area is 86.9 Å². The molecule has 15 heavy (non-hydrogen) atoms. The maximum Gasteiger partial charge on any atom is 0.267 e. The molecule has 5 heteroatoms. The highest BCUT2D eigenvalue weighted by Gasteiger charge is 2.09. The predicted octanol–water partition coefficient (Wildman–Crippen LogP) is 1.11. The lowest BCUT2D eigenvalue weighted by Crippen LogP contribution is -2.13. The molecule has 0 saturated heterocycles. The summed E-state index contributed by atoms with van der Waals surface area (Å²) < 4.78 is 1.84. The highest BCUT2D eigenvalue weighted by Crippen LogP contribution is 2.17. The van der Waals surface area contributed by atoms with Crippen LogP contribution in [0.3, 0.4) is 0 Å². The Balaban J connectivity index is 2.66. The zero-order chi connectivity index (χ0) is 11.0. The molecule has 2 N–H and O–H groups in total. The summed E-state index contributed by atoms with van der Waals surface area (Å²) in [6, 6.07) is 1.91. The van der Waals surface area contributed by atoms with E-state index in [1.165, 1.54) is 0 Å². The molecule has 2 aromatic rings. The van der Waals surface area contributed by atoms with E-state index in [1.807, 2.05) is 18.5 Å². The molecule has 0 aromatic carbocycles. The molecule has 0 bridgehead atoms. The maximum absolute atomic E-state index is 11.0. The van der Waals surface area contributed by atoms with Crippen LogP contribution in [0.15, 0.2) is 18.5 Å². The van der Waals surface area contributed by atoms with Crippen LogP contribution >= 0.6 is 0 Å². The Morgan fingerprint density at radius 3 is 2.80 bits per heavy atom. The normalized spacial score (nSPS) is 11.1. The SMILES string of the molecule is CC(C)n1ncc2cnc(C(N)=O)cc21. The fraction of sp³-hybridized carbons (Fsp3) is 0.300. The first-order valence-electron chi connectivity index (χ1n) is 4.72. The van der Waals surface area contributed by atoms with Gasteiger partial charge in [0, 0.05) is 17.6 Å². The summed E-state index contributed by atoms with van der Waals surface area (Å²) >= 11 is 0. The fourth-order valence-electron chi connectivity index (χ4n) is 1.49. The number of aromatic nitrogens is 3. The van der Waals surface area contributed by atoms with Crippen molar-refractivity contribution in [2.24, 2.45) is 5.73 Å². The molecule has 5 nitrogen and oxygen atoms in total. The zero-order valence-corrected chi connectivity index (χ0v) is 8.64. The zero-order valence-electron chi connectivity index (χ0n) is 8.64. The minimum absolute atomic E-state index is 0.241. The average Bonchev–Trinajstić information content (AvgIpc) is 2.59. The van der Waals surface area contributed by atoms with E-state index in [4.69, 9.17) is 5.73 Å². The first-order valence-corrected chi connectivity index (χ1v) is 4.72. The van der Waals surface area contributed by atoms with Crippen molar-refractivity contribution in [1.82, 2.24) is 14.8 Å². The maximum atomic E-state index is 11.0. The van der Waals surface area contributed by atoms with Gasteiger partial charge in [-0.2, -0.15) is 5.10 Å². The molecule has 2 aromatic heterocycles. The van der Waals surface area contributed by atoms with Crippen LogP contribution < -0.4 is 5.73 Å². The van der Waals surface area contributed by atoms with Gasteiger partial charge in [0.2, 0.25) is 0 Å². The molecule has 0 saturated carbocycles. The standard InChI is InChI=1S/C10H12N4O/c1-6(2)14-9-3-8(10(11)15)12-4-7(9)5-13-14/h3-6H,1-2H3,(H2,11,15). The van der Waals surface area contributed by atoms with Crippen LogP contribution in [0.1, 0.15) is 30.4 Å². The molecular weight excluding hydrogens is 192 g/mol. The number of primary amides is 1. The van der Waals surface area contributed by atoms with Crippen LogP contribution in [-0.2, 0) is 0 Å². The number of carbonyl (C=O) groups excluding carboxylic acids is 1. The van der Waals surface area contributed by atoms with Crippen LogP contribution in [0.4, 0.5) is 0 Å². The minimum Gasteiger partial charge on any atom is -0.364 e. The molecule has 78 valence electrons. The van der Waals surface area contributed by atoms with Crippen molar-refractivity contribution < 1.29 is 4.79 Å². The highest BCUT2D eigenvalue weighted by atomic mass is 16.1. The first kappa shape index (κ1) is 9.64. The molecule has 2 heterocycles. The van der Waals surface area contributed by atoms with E-state index >= 15 is 0 Å². The Kier molecular flexibility index (Phi) is 2.15. The number of pyridine rings is 1. The summed E-state index contributed by atoms with van der Waals surface area (Å²) in [6.45, 7) is 4.05. The molecule has 2 rings (SSSR count). The van der Waals surface area contributed by atoms with Gasteiger partial charge < -0.3 is 5.73 Å². The number of fused-ring (bicyclic) bond motifs is 1. The lowest BCUT2D eigenvalue weighted by Gasteiger charge is -2.06. The predicted molar refractivity (Wildman–Crippen MR) is 56.4 cm³/mol. The third-order valence-electron chi connectivity index (χ3n) is 2.22. The van der Waals surface area contributed by atoms with Crippen molar-refractivity contribution in [1.29, 1.82) is 0 Å². The van der Waals surface area contributed by atoms with E-state index in [0.717, 1.165) is 10.9 Å². The monoisotopic (exact) mass is 204 g/mol. The molecule has 1 amide bonds. The minimum atomic E-state index is -0.520. The Bertz CT molecular complexity index is 515. The van der Waals surface area contributed by atoms with Gasteiger partial charge in [-0.1, -0.05) is 0 Å². The Morgan fingerprint density at radius 1 is 1.47 bits per heavy atom. The second-order valence-corrected chi connectivity index (χ2v) is 3.68. The van der Waals surface area contributed by atoms with Crippen molar-refractivity contribution >= 4 is 16.8 Å². The third-order valence-corrected chi connectivity index (χ3v) is 2.22. The van der Waals surface area contributed by atoms with E-state index in [1.54, 1.807) is 18.5 Å². The number of rotatable bonds is 2.